The van der Waals surface area contributed by atoms with Gasteiger partial charge < -0.3 is 20.7 Å². The Kier molecular flexibility index (Phi) is 12.9. The van der Waals surface area contributed by atoms with Crippen molar-refractivity contribution in [2.24, 2.45) is 0 Å². The number of nitrogens with one attached hydrogen (secondary N) is 3. The standard InChI is InChI=1S/C19H39N3O2/c1-3-4-5-6-7-8-9-10-11-12-13-14-21-19(23)22-17-15-20-16-18(17)24-2/h17-18,20H,3-16H2,1-2H3,(H2,21,22,23)/t17-,18-/m0/s1. The van der Waals surface area contributed by atoms with Gasteiger partial charge in [-0.2, -0.15) is 0 Å². The molecule has 0 radical (unpaired) electrons. The zero-order valence-corrected chi connectivity index (χ0v) is 15.9. The van der Waals surface area contributed by atoms with Crippen molar-refractivity contribution in [3.05, 3.63) is 0 Å². The Bertz CT molecular complexity index is 313. The van der Waals surface area contributed by atoms with Gasteiger partial charge in [0.1, 0.15) is 0 Å². The zero-order chi connectivity index (χ0) is 17.5. The van der Waals surface area contributed by atoms with Crippen molar-refractivity contribution in [3.63, 3.8) is 0 Å². The molecule has 24 heavy (non-hydrogen) atoms. The quantitative estimate of drug-likeness (QED) is 0.423. The van der Waals surface area contributed by atoms with E-state index >= 15 is 0 Å². The van der Waals surface area contributed by atoms with Crippen LogP contribution in [0.2, 0.25) is 0 Å². The predicted octanol–water partition coefficient (Wildman–Crippen LogP) is 3.58. The van der Waals surface area contributed by atoms with Crippen LogP contribution in [0.25, 0.3) is 0 Å². The van der Waals surface area contributed by atoms with E-state index in [2.05, 4.69) is 22.9 Å². The maximum atomic E-state index is 11.8. The van der Waals surface area contributed by atoms with Crippen LogP contribution in [0.15, 0.2) is 0 Å². The summed E-state index contributed by atoms with van der Waals surface area (Å²) in [6.07, 6.45) is 14.7. The highest BCUT2D eigenvalue weighted by atomic mass is 16.5. The lowest BCUT2D eigenvalue weighted by Crippen LogP contribution is -2.48. The summed E-state index contributed by atoms with van der Waals surface area (Å²) in [4.78, 5) is 11.8. The number of carbonyl (C=O) groups excluding carboxylic acids is 1. The van der Waals surface area contributed by atoms with Crippen molar-refractivity contribution in [3.8, 4) is 0 Å². The molecule has 0 unspecified atom stereocenters. The number of amides is 2. The van der Waals surface area contributed by atoms with Crippen molar-refractivity contribution >= 4 is 6.03 Å². The van der Waals surface area contributed by atoms with E-state index in [-0.39, 0.29) is 18.2 Å². The summed E-state index contributed by atoms with van der Waals surface area (Å²) < 4.78 is 5.34. The van der Waals surface area contributed by atoms with Gasteiger partial charge in [-0.1, -0.05) is 71.1 Å². The Morgan fingerprint density at radius 1 is 0.958 bits per heavy atom. The van der Waals surface area contributed by atoms with Crippen molar-refractivity contribution in [1.82, 2.24) is 16.0 Å². The summed E-state index contributed by atoms with van der Waals surface area (Å²) in [5, 5.41) is 9.16. The molecular weight excluding hydrogens is 302 g/mol. The Morgan fingerprint density at radius 3 is 2.12 bits per heavy atom. The first-order valence-corrected chi connectivity index (χ1v) is 10.1. The van der Waals surface area contributed by atoms with Crippen LogP contribution in [-0.4, -0.2) is 44.9 Å². The van der Waals surface area contributed by atoms with Crippen LogP contribution in [0.3, 0.4) is 0 Å². The van der Waals surface area contributed by atoms with E-state index in [0.29, 0.717) is 0 Å². The van der Waals surface area contributed by atoms with Gasteiger partial charge >= 0.3 is 6.03 Å². The fourth-order valence-corrected chi connectivity index (χ4v) is 3.26. The molecule has 0 bridgehead atoms. The molecule has 1 fully saturated rings. The molecule has 2 amide bonds. The number of unbranched alkanes of at least 4 members (excludes halogenated alkanes) is 10. The molecule has 0 aromatic rings. The lowest BCUT2D eigenvalue weighted by Gasteiger charge is -2.18. The zero-order valence-electron chi connectivity index (χ0n) is 15.9. The highest BCUT2D eigenvalue weighted by molar-refractivity contribution is 5.74. The first-order valence-electron chi connectivity index (χ1n) is 10.1. The second-order valence-corrected chi connectivity index (χ2v) is 6.97. The van der Waals surface area contributed by atoms with Crippen molar-refractivity contribution in [1.29, 1.82) is 0 Å². The van der Waals surface area contributed by atoms with Gasteiger partial charge in [0, 0.05) is 26.7 Å². The van der Waals surface area contributed by atoms with Gasteiger partial charge in [-0.3, -0.25) is 0 Å². The van der Waals surface area contributed by atoms with Gasteiger partial charge in [0.15, 0.2) is 0 Å². The molecular formula is C19H39N3O2. The van der Waals surface area contributed by atoms with Crippen molar-refractivity contribution in [2.45, 2.75) is 89.7 Å². The molecule has 1 aliphatic rings. The van der Waals surface area contributed by atoms with Crippen molar-refractivity contribution in [2.75, 3.05) is 26.7 Å². The summed E-state index contributed by atoms with van der Waals surface area (Å²) >= 11 is 0. The van der Waals surface area contributed by atoms with Crippen LogP contribution in [-0.2, 0) is 4.74 Å². The number of urea groups is 1. The van der Waals surface area contributed by atoms with Crippen LogP contribution in [0.1, 0.15) is 77.6 Å². The minimum absolute atomic E-state index is 0.0715. The second kappa shape index (κ2) is 14.5. The van der Waals surface area contributed by atoms with Crippen LogP contribution in [0.5, 0.6) is 0 Å². The lowest BCUT2D eigenvalue weighted by molar-refractivity contribution is 0.0984. The molecule has 142 valence electrons. The third-order valence-corrected chi connectivity index (χ3v) is 4.84. The molecule has 5 heteroatoms. The van der Waals surface area contributed by atoms with E-state index in [4.69, 9.17) is 4.74 Å². The maximum Gasteiger partial charge on any atom is 0.315 e. The fraction of sp³-hybridized carbons (Fsp3) is 0.947. The summed E-state index contributed by atoms with van der Waals surface area (Å²) in [6.45, 7) is 4.62. The molecule has 2 atom stereocenters. The molecule has 5 nitrogen and oxygen atoms in total. The highest BCUT2D eigenvalue weighted by Crippen LogP contribution is 2.11. The first kappa shape index (κ1) is 21.2. The lowest BCUT2D eigenvalue weighted by atomic mass is 10.1. The van der Waals surface area contributed by atoms with E-state index in [1.54, 1.807) is 7.11 Å². The van der Waals surface area contributed by atoms with Crippen LogP contribution >= 0.6 is 0 Å². The summed E-state index contributed by atoms with van der Waals surface area (Å²) in [7, 11) is 1.69. The van der Waals surface area contributed by atoms with Crippen LogP contribution < -0.4 is 16.0 Å². The van der Waals surface area contributed by atoms with Gasteiger partial charge in [-0.15, -0.1) is 0 Å². The van der Waals surface area contributed by atoms with Gasteiger partial charge in [0.2, 0.25) is 0 Å². The molecule has 0 spiro atoms. The third kappa shape index (κ3) is 10.1. The largest absolute Gasteiger partial charge is 0.378 e. The molecule has 0 aliphatic carbocycles. The number of rotatable bonds is 14. The number of hydrogen-bond acceptors (Lipinski definition) is 3. The third-order valence-electron chi connectivity index (χ3n) is 4.84. The van der Waals surface area contributed by atoms with Crippen molar-refractivity contribution < 1.29 is 9.53 Å². The molecule has 0 aromatic carbocycles. The molecule has 1 heterocycles. The minimum Gasteiger partial charge on any atom is -0.378 e. The average molecular weight is 342 g/mol. The van der Waals surface area contributed by atoms with E-state index in [1.807, 2.05) is 0 Å². The minimum atomic E-state index is -0.0715. The predicted molar refractivity (Wildman–Crippen MR) is 100 cm³/mol. The number of carbonyl (C=O) groups is 1. The van der Waals surface area contributed by atoms with Crippen LogP contribution in [0.4, 0.5) is 4.79 Å². The summed E-state index contributed by atoms with van der Waals surface area (Å²) in [6, 6.07) is 0.00477. The molecule has 0 aromatic heterocycles. The average Bonchev–Trinajstić information content (AvgIpc) is 3.03. The second-order valence-electron chi connectivity index (χ2n) is 6.97. The Balaban J connectivity index is 1.84. The first-order chi connectivity index (χ1) is 11.8. The van der Waals surface area contributed by atoms with Gasteiger partial charge in [0.05, 0.1) is 12.1 Å². The monoisotopic (exact) mass is 341 g/mol. The van der Waals surface area contributed by atoms with Crippen LogP contribution in [0, 0.1) is 0 Å². The highest BCUT2D eigenvalue weighted by Gasteiger charge is 2.27. The summed E-state index contributed by atoms with van der Waals surface area (Å²) in [5.74, 6) is 0. The van der Waals surface area contributed by atoms with Gasteiger partial charge in [-0.25, -0.2) is 4.79 Å². The van der Waals surface area contributed by atoms with E-state index in [0.717, 1.165) is 26.1 Å². The fourth-order valence-electron chi connectivity index (χ4n) is 3.26. The normalized spacial score (nSPS) is 20.2. The van der Waals surface area contributed by atoms with E-state index in [1.165, 1.54) is 64.2 Å². The molecule has 1 rings (SSSR count). The molecule has 0 saturated carbocycles. The Labute approximate surface area is 148 Å². The van der Waals surface area contributed by atoms with Gasteiger partial charge in [0.25, 0.3) is 0 Å². The topological polar surface area (TPSA) is 62.4 Å². The van der Waals surface area contributed by atoms with Gasteiger partial charge in [-0.05, 0) is 6.42 Å². The molecule has 1 aliphatic heterocycles. The molecule has 1 saturated heterocycles. The maximum absolute atomic E-state index is 11.8. The summed E-state index contributed by atoms with van der Waals surface area (Å²) in [5.41, 5.74) is 0. The Hall–Kier alpha value is -0.810. The Morgan fingerprint density at radius 2 is 1.54 bits per heavy atom. The molecule has 3 N–H and O–H groups in total. The SMILES string of the molecule is CCCCCCCCCCCCCNC(=O)N[C@H]1CNC[C@@H]1OC. The van der Waals surface area contributed by atoms with E-state index in [9.17, 15) is 4.79 Å². The number of ether oxygens (including phenoxy) is 1. The number of methoxy groups -OCH3 is 1. The smallest absolute Gasteiger partial charge is 0.315 e. The number of hydrogen-bond donors (Lipinski definition) is 3. The van der Waals surface area contributed by atoms with E-state index < -0.39 is 0 Å².